The van der Waals surface area contributed by atoms with Gasteiger partial charge in [0.25, 0.3) is 0 Å². The number of aromatic nitrogens is 2. The van der Waals surface area contributed by atoms with Crippen molar-refractivity contribution >= 4 is 41.0 Å². The van der Waals surface area contributed by atoms with Crippen LogP contribution in [0.25, 0.3) is 16.9 Å². The van der Waals surface area contributed by atoms with Gasteiger partial charge in [-0.25, -0.2) is 13.5 Å². The van der Waals surface area contributed by atoms with Gasteiger partial charge in [-0.2, -0.15) is 5.10 Å². The van der Waals surface area contributed by atoms with Gasteiger partial charge in [0, 0.05) is 35.8 Å². The number of para-hydroxylation sites is 1. The maximum Gasteiger partial charge on any atom is 0.240 e. The number of rotatable bonds is 8. The van der Waals surface area contributed by atoms with E-state index < -0.39 is 16.9 Å². The summed E-state index contributed by atoms with van der Waals surface area (Å²) in [6, 6.07) is 19.8. The smallest absolute Gasteiger partial charge is 0.240 e. The van der Waals surface area contributed by atoms with Gasteiger partial charge >= 0.3 is 0 Å². The lowest BCUT2D eigenvalue weighted by molar-refractivity contribution is -0.122. The molecule has 1 N–H and O–H groups in total. The largest absolute Gasteiger partial charge is 0.353 e. The molecule has 0 spiro atoms. The zero-order valence-corrected chi connectivity index (χ0v) is 24.1. The molecule has 11 heteroatoms. The van der Waals surface area contributed by atoms with Crippen molar-refractivity contribution in [3.8, 4) is 16.9 Å². The zero-order chi connectivity index (χ0) is 29.1. The number of carbonyl (C=O) groups excluding carboxylic acids is 2. The summed E-state index contributed by atoms with van der Waals surface area (Å²) in [5.74, 6) is -1.87. The van der Waals surface area contributed by atoms with Crippen molar-refractivity contribution < 1.29 is 18.4 Å². The maximum atomic E-state index is 15.3. The first-order valence-corrected chi connectivity index (χ1v) is 14.4. The lowest BCUT2D eigenvalue weighted by atomic mass is 9.99. The summed E-state index contributed by atoms with van der Waals surface area (Å²) in [6.07, 6.45) is 0. The van der Waals surface area contributed by atoms with Crippen molar-refractivity contribution in [2.75, 3.05) is 44.4 Å². The third-order valence-corrected chi connectivity index (χ3v) is 8.20. The van der Waals surface area contributed by atoms with Gasteiger partial charge in [-0.3, -0.25) is 14.5 Å². The summed E-state index contributed by atoms with van der Waals surface area (Å²) in [5, 5.41) is 7.43. The zero-order valence-electron chi connectivity index (χ0n) is 22.5. The van der Waals surface area contributed by atoms with Gasteiger partial charge in [0.05, 0.1) is 27.4 Å². The van der Waals surface area contributed by atoms with Crippen molar-refractivity contribution in [3.63, 3.8) is 0 Å². The Morgan fingerprint density at radius 1 is 1.10 bits per heavy atom. The second kappa shape index (κ2) is 12.4. The van der Waals surface area contributed by atoms with Crippen LogP contribution in [-0.4, -0.2) is 66.0 Å². The molecule has 5 rings (SSSR count). The summed E-state index contributed by atoms with van der Waals surface area (Å²) in [7, 11) is 3.80. The molecule has 0 saturated heterocycles. The van der Waals surface area contributed by atoms with Gasteiger partial charge in [-0.05, 0) is 32.3 Å². The number of anilines is 1. The minimum absolute atomic E-state index is 0.0438. The number of thioether (sulfide) groups is 1. The summed E-state index contributed by atoms with van der Waals surface area (Å²) in [4.78, 5) is 30.1. The van der Waals surface area contributed by atoms with Crippen molar-refractivity contribution in [1.82, 2.24) is 20.0 Å². The average molecular weight is 596 g/mol. The molecule has 212 valence electrons. The van der Waals surface area contributed by atoms with Gasteiger partial charge in [0.1, 0.15) is 24.0 Å². The van der Waals surface area contributed by atoms with E-state index in [4.69, 9.17) is 16.7 Å². The lowest BCUT2D eigenvalue weighted by Gasteiger charge is -2.23. The fourth-order valence-electron chi connectivity index (χ4n) is 4.70. The molecule has 1 unspecified atom stereocenters. The molecule has 1 aromatic heterocycles. The van der Waals surface area contributed by atoms with E-state index in [2.05, 4.69) is 5.32 Å². The third kappa shape index (κ3) is 6.14. The van der Waals surface area contributed by atoms with Crippen molar-refractivity contribution in [3.05, 3.63) is 101 Å². The maximum absolute atomic E-state index is 15.3. The molecule has 1 atom stereocenters. The molecule has 0 saturated carbocycles. The Bertz CT molecular complexity index is 1580. The molecule has 7 nitrogen and oxygen atoms in total. The summed E-state index contributed by atoms with van der Waals surface area (Å²) in [6.45, 7) is 0.753. The minimum atomic E-state index is -0.736. The van der Waals surface area contributed by atoms with Crippen LogP contribution in [0.4, 0.5) is 14.6 Å². The molecule has 1 aliphatic rings. The predicted octanol–water partition coefficient (Wildman–Crippen LogP) is 5.32. The van der Waals surface area contributed by atoms with Crippen LogP contribution >= 0.6 is 23.4 Å². The molecule has 3 aromatic carbocycles. The van der Waals surface area contributed by atoms with Crippen LogP contribution in [0.3, 0.4) is 0 Å². The predicted molar refractivity (Wildman–Crippen MR) is 159 cm³/mol. The minimum Gasteiger partial charge on any atom is -0.353 e. The van der Waals surface area contributed by atoms with E-state index >= 15 is 4.39 Å². The highest BCUT2D eigenvalue weighted by Gasteiger charge is 2.38. The Labute approximate surface area is 246 Å². The molecule has 2 heterocycles. The van der Waals surface area contributed by atoms with E-state index in [0.717, 1.165) is 11.6 Å². The van der Waals surface area contributed by atoms with E-state index in [1.165, 1.54) is 28.8 Å². The SMILES string of the molecule is CN(C)CCNC(=O)CN1C(=O)CSC(c2ccc(F)cc2F)c2c(-c3ccccc3)nn(-c3ccccc3Cl)c21. The Morgan fingerprint density at radius 3 is 2.54 bits per heavy atom. The number of hydrogen-bond acceptors (Lipinski definition) is 5. The lowest BCUT2D eigenvalue weighted by Crippen LogP contribution is -2.43. The van der Waals surface area contributed by atoms with E-state index in [-0.39, 0.29) is 29.7 Å². The normalized spacial score (nSPS) is 15.1. The van der Waals surface area contributed by atoms with Crippen LogP contribution in [0, 0.1) is 11.6 Å². The summed E-state index contributed by atoms with van der Waals surface area (Å²) in [5.41, 5.74) is 2.45. The Balaban J connectivity index is 1.75. The number of halogens is 3. The molecule has 0 aliphatic carbocycles. The van der Waals surface area contributed by atoms with Crippen LogP contribution in [0.5, 0.6) is 0 Å². The number of likely N-dealkylation sites (N-methyl/N-ethyl adjacent to an activating group) is 1. The molecule has 41 heavy (non-hydrogen) atoms. The van der Waals surface area contributed by atoms with Crippen molar-refractivity contribution in [2.24, 2.45) is 0 Å². The highest BCUT2D eigenvalue weighted by molar-refractivity contribution is 8.00. The van der Waals surface area contributed by atoms with Crippen molar-refractivity contribution in [2.45, 2.75) is 5.25 Å². The average Bonchev–Trinajstić information content (AvgIpc) is 3.26. The Kier molecular flexibility index (Phi) is 8.72. The first-order chi connectivity index (χ1) is 19.7. The third-order valence-electron chi connectivity index (χ3n) is 6.64. The number of benzene rings is 3. The number of nitrogens with zero attached hydrogens (tertiary/aromatic N) is 4. The number of hydrogen-bond donors (Lipinski definition) is 1. The number of carbonyl (C=O) groups is 2. The number of amides is 2. The second-order valence-corrected chi connectivity index (χ2v) is 11.3. The van der Waals surface area contributed by atoms with Crippen LogP contribution in [0.1, 0.15) is 16.4 Å². The van der Waals surface area contributed by atoms with Gasteiger partial charge in [0.15, 0.2) is 0 Å². The van der Waals surface area contributed by atoms with Gasteiger partial charge in [-0.15, -0.1) is 11.8 Å². The monoisotopic (exact) mass is 595 g/mol. The fourth-order valence-corrected chi connectivity index (χ4v) is 6.13. The van der Waals surface area contributed by atoms with Crippen LogP contribution < -0.4 is 10.2 Å². The molecule has 0 fully saturated rings. The first kappa shape index (κ1) is 28.8. The topological polar surface area (TPSA) is 70.5 Å². The van der Waals surface area contributed by atoms with E-state index in [9.17, 15) is 14.0 Å². The summed E-state index contributed by atoms with van der Waals surface area (Å²) < 4.78 is 30.8. The quantitative estimate of drug-likeness (QED) is 0.299. The van der Waals surface area contributed by atoms with E-state index in [1.54, 1.807) is 28.9 Å². The highest BCUT2D eigenvalue weighted by atomic mass is 35.5. The molecular weight excluding hydrogens is 568 g/mol. The van der Waals surface area contributed by atoms with E-state index in [1.807, 2.05) is 49.3 Å². The second-order valence-electron chi connectivity index (χ2n) is 9.81. The molecular formula is C30H28ClF2N5O2S. The molecule has 0 radical (unpaired) electrons. The molecule has 2 amide bonds. The van der Waals surface area contributed by atoms with Crippen LogP contribution in [-0.2, 0) is 9.59 Å². The molecule has 0 bridgehead atoms. The van der Waals surface area contributed by atoms with Crippen LogP contribution in [0.15, 0.2) is 72.8 Å². The van der Waals surface area contributed by atoms with Gasteiger partial charge in [0.2, 0.25) is 11.8 Å². The molecule has 4 aromatic rings. The standard InChI is InChI=1S/C30H28ClF2N5O2S/c1-36(2)15-14-34-25(39)17-37-26(40)18-41-29(21-13-12-20(32)16-23(21)33)27-28(19-8-4-3-5-9-19)35-38(30(27)37)24-11-7-6-10-22(24)31/h3-13,16,29H,14-15,17-18H2,1-2H3,(H,34,39). The van der Waals surface area contributed by atoms with Crippen molar-refractivity contribution in [1.29, 1.82) is 0 Å². The first-order valence-electron chi connectivity index (χ1n) is 13.0. The van der Waals surface area contributed by atoms with Crippen LogP contribution in [0.2, 0.25) is 5.02 Å². The number of fused-ring (bicyclic) bond motifs is 1. The van der Waals surface area contributed by atoms with Gasteiger partial charge < -0.3 is 10.2 Å². The number of nitrogens with one attached hydrogen (secondary N) is 1. The summed E-state index contributed by atoms with van der Waals surface area (Å²) >= 11 is 7.83. The highest BCUT2D eigenvalue weighted by Crippen LogP contribution is 2.49. The Morgan fingerprint density at radius 2 is 1.83 bits per heavy atom. The molecule has 1 aliphatic heterocycles. The van der Waals surface area contributed by atoms with E-state index in [0.29, 0.717) is 40.9 Å². The fraction of sp³-hybridized carbons (Fsp3) is 0.233. The Hall–Kier alpha value is -3.73. The van der Waals surface area contributed by atoms with Gasteiger partial charge in [-0.1, -0.05) is 60.1 Å².